The molecule has 0 aromatic rings. The Bertz CT molecular complexity index is 483. The molecule has 17 heteroatoms. The molecule has 7 atom stereocenters. The maximum atomic E-state index is 11.3. The molecule has 22 heavy (non-hydrogen) atoms. The van der Waals surface area contributed by atoms with E-state index in [2.05, 4.69) is 13.1 Å². The molecule has 0 aromatic carbocycles. The van der Waals surface area contributed by atoms with Crippen molar-refractivity contribution in [2.75, 3.05) is 6.61 Å². The molecule has 2 radical (unpaired) electrons. The van der Waals surface area contributed by atoms with Crippen molar-refractivity contribution in [1.29, 1.82) is 0 Å². The van der Waals surface area contributed by atoms with Crippen LogP contribution in [0.5, 0.6) is 0 Å². The predicted octanol–water partition coefficient (Wildman–Crippen LogP) is -3.67. The molecule has 0 bridgehead atoms. The zero-order valence-corrected chi connectivity index (χ0v) is 13.9. The van der Waals surface area contributed by atoms with Gasteiger partial charge in [0.05, 0.1) is 31.9 Å². The average molecular weight is 398 g/mol. The molecule has 1 saturated heterocycles. The van der Waals surface area contributed by atoms with Crippen LogP contribution in [0.2, 0.25) is 0 Å². The number of phosphoric acid groups is 3. The maximum Gasteiger partial charge on any atom is 0.395 e. The molecule has 1 heterocycles. The number of phosphoric ester groups is 1. The van der Waals surface area contributed by atoms with Crippen LogP contribution in [0.3, 0.4) is 0 Å². The van der Waals surface area contributed by atoms with Crippen LogP contribution in [-0.4, -0.2) is 57.1 Å². The van der Waals surface area contributed by atoms with Crippen molar-refractivity contribution < 1.29 is 57.0 Å². The third kappa shape index (κ3) is 6.80. The van der Waals surface area contributed by atoms with E-state index in [1.54, 1.807) is 0 Å². The summed E-state index contributed by atoms with van der Waals surface area (Å²) in [6, 6.07) is 0. The third-order valence-corrected chi connectivity index (χ3v) is 7.31. The molecule has 1 rings (SSSR count). The first kappa shape index (κ1) is 20.9. The summed E-state index contributed by atoms with van der Waals surface area (Å²) in [5, 5.41) is 17.0. The van der Waals surface area contributed by atoms with E-state index >= 15 is 0 Å². The van der Waals surface area contributed by atoms with Gasteiger partial charge in [-0.1, -0.05) is 0 Å². The second-order valence-electron chi connectivity index (χ2n) is 3.96. The Balaban J connectivity index is 2.58. The molecule has 0 aromatic heterocycles. The first-order valence-electron chi connectivity index (χ1n) is 5.24. The second-order valence-corrected chi connectivity index (χ2v) is 9.72. The van der Waals surface area contributed by atoms with E-state index in [9.17, 15) is 34.0 Å². The molecule has 1 aliphatic rings. The zero-order chi connectivity index (χ0) is 17.3. The molecule has 12 nitrogen and oxygen atoms in total. The van der Waals surface area contributed by atoms with Crippen LogP contribution < -0.4 is 14.7 Å². The minimum Gasteiger partial charge on any atom is -0.754 e. The Morgan fingerprint density at radius 1 is 1.23 bits per heavy atom. The SMILES string of the molecule is [B][C@@H]1S[C@H](COP(=O)([O-])O[P+]([O-])(O)OP(=O)([O-])O)[C@H](O)C1O. The van der Waals surface area contributed by atoms with Gasteiger partial charge in [0, 0.05) is 0 Å². The van der Waals surface area contributed by atoms with Gasteiger partial charge in [0.1, 0.15) is 0 Å². The summed E-state index contributed by atoms with van der Waals surface area (Å²) in [7, 11) is -11.6. The van der Waals surface area contributed by atoms with Gasteiger partial charge < -0.3 is 34.3 Å². The van der Waals surface area contributed by atoms with Gasteiger partial charge in [0.15, 0.2) is 0 Å². The monoisotopic (exact) mass is 398 g/mol. The van der Waals surface area contributed by atoms with Crippen LogP contribution in [0.25, 0.3) is 0 Å². The number of thioether (sulfide) groups is 1. The second kappa shape index (κ2) is 7.43. The van der Waals surface area contributed by atoms with Gasteiger partial charge in [-0.25, -0.2) is 0 Å². The van der Waals surface area contributed by atoms with E-state index in [4.69, 9.17) is 17.6 Å². The van der Waals surface area contributed by atoms with Crippen molar-refractivity contribution in [3.63, 3.8) is 0 Å². The highest BCUT2D eigenvalue weighted by molar-refractivity contribution is 8.02. The number of hydrogen-bond donors (Lipinski definition) is 4. The highest BCUT2D eigenvalue weighted by Gasteiger charge is 2.42. The minimum absolute atomic E-state index is 0.786. The summed E-state index contributed by atoms with van der Waals surface area (Å²) in [6.45, 7) is -0.786. The van der Waals surface area contributed by atoms with E-state index in [1.807, 2.05) is 0 Å². The standard InChI is InChI=1S/C5H12BO12P3S/c6-5-4(8)3(7)2(22-5)1-16-20(12,13)18-21(14,15)17-19(9,10)11/h2-5,7-8H,1H2,(H,12,13)(H,14,15)(H2,9,10,11)/p-2/t2-,3+,4?,5-/m1/s1. The largest absolute Gasteiger partial charge is 0.754 e. The number of aliphatic hydroxyl groups excluding tert-OH is 2. The molecule has 0 saturated carbocycles. The molecule has 4 unspecified atom stereocenters. The topological polar surface area (TPSA) is 212 Å². The van der Waals surface area contributed by atoms with Crippen molar-refractivity contribution in [3.05, 3.63) is 0 Å². The maximum absolute atomic E-state index is 11.3. The van der Waals surface area contributed by atoms with Crippen LogP contribution in [-0.2, 0) is 22.3 Å². The van der Waals surface area contributed by atoms with Gasteiger partial charge in [-0.15, -0.1) is 8.62 Å². The van der Waals surface area contributed by atoms with E-state index in [0.717, 1.165) is 11.8 Å². The molecule has 1 aliphatic heterocycles. The first-order valence-corrected chi connectivity index (χ1v) is 10.6. The quantitative estimate of drug-likeness (QED) is 0.241. The Kier molecular flexibility index (Phi) is 7.07. The highest BCUT2D eigenvalue weighted by atomic mass is 32.2. The van der Waals surface area contributed by atoms with Gasteiger partial charge in [0.25, 0.3) is 0 Å². The van der Waals surface area contributed by atoms with Crippen molar-refractivity contribution in [2.45, 2.75) is 22.6 Å². The average Bonchev–Trinajstić information content (AvgIpc) is 2.49. The first-order chi connectivity index (χ1) is 9.72. The fourth-order valence-electron chi connectivity index (χ4n) is 1.37. The van der Waals surface area contributed by atoms with Crippen LogP contribution >= 0.6 is 35.6 Å². The lowest BCUT2D eigenvalue weighted by molar-refractivity contribution is -0.259. The number of rotatable bonds is 7. The summed E-state index contributed by atoms with van der Waals surface area (Å²) in [5.74, 6) is 0. The fraction of sp³-hybridized carbons (Fsp3) is 1.00. The number of hydrogen-bond acceptors (Lipinski definition) is 12. The van der Waals surface area contributed by atoms with E-state index in [0.29, 0.717) is 0 Å². The Morgan fingerprint density at radius 2 is 1.77 bits per heavy atom. The van der Waals surface area contributed by atoms with Crippen LogP contribution in [0.15, 0.2) is 0 Å². The van der Waals surface area contributed by atoms with Gasteiger partial charge >= 0.3 is 23.8 Å². The van der Waals surface area contributed by atoms with Crippen molar-refractivity contribution in [3.8, 4) is 0 Å². The van der Waals surface area contributed by atoms with Crippen molar-refractivity contribution >= 4 is 43.4 Å². The summed E-state index contributed by atoms with van der Waals surface area (Å²) in [5.41, 5.74) is 0. The fourth-order valence-corrected chi connectivity index (χ4v) is 5.64. The van der Waals surface area contributed by atoms with Crippen molar-refractivity contribution in [2.24, 2.45) is 0 Å². The van der Waals surface area contributed by atoms with Crippen LogP contribution in [0.4, 0.5) is 0 Å². The smallest absolute Gasteiger partial charge is 0.395 e. The molecule has 0 amide bonds. The summed E-state index contributed by atoms with van der Waals surface area (Å²) in [4.78, 5) is 49.6. The number of aliphatic hydroxyl groups is 2. The molecular weight excluding hydrogens is 388 g/mol. The Labute approximate surface area is 130 Å². The lowest BCUT2D eigenvalue weighted by Crippen LogP contribution is -2.34. The Morgan fingerprint density at radius 3 is 2.18 bits per heavy atom. The van der Waals surface area contributed by atoms with E-state index in [-0.39, 0.29) is 0 Å². The lowest BCUT2D eigenvalue weighted by atomic mass is 9.94. The molecular formula is C5H10BO12P3S-2. The summed E-state index contributed by atoms with van der Waals surface area (Å²) in [6.07, 6.45) is -2.75. The van der Waals surface area contributed by atoms with Crippen LogP contribution in [0, 0.1) is 0 Å². The molecule has 1 fully saturated rings. The van der Waals surface area contributed by atoms with Gasteiger partial charge in [-0.2, -0.15) is 16.7 Å². The third-order valence-electron chi connectivity index (χ3n) is 2.21. The van der Waals surface area contributed by atoms with Gasteiger partial charge in [-0.05, 0) is 5.15 Å². The molecule has 0 spiro atoms. The Hall–Kier alpha value is 0.905. The van der Waals surface area contributed by atoms with Crippen LogP contribution in [0.1, 0.15) is 0 Å². The predicted molar refractivity (Wildman–Crippen MR) is 67.6 cm³/mol. The summed E-state index contributed by atoms with van der Waals surface area (Å²) >= 11 is 0.790. The zero-order valence-electron chi connectivity index (χ0n) is 10.4. The minimum atomic E-state index is -5.74. The molecule has 128 valence electrons. The van der Waals surface area contributed by atoms with Crippen molar-refractivity contribution in [1.82, 2.24) is 0 Å². The lowest BCUT2D eigenvalue weighted by Gasteiger charge is -2.29. The van der Waals surface area contributed by atoms with Gasteiger partial charge in [-0.3, -0.25) is 9.13 Å². The van der Waals surface area contributed by atoms with E-state index < -0.39 is 53.0 Å². The summed E-state index contributed by atoms with van der Waals surface area (Å²) < 4.78 is 32.4. The highest BCUT2D eigenvalue weighted by Crippen LogP contribution is 2.66. The normalized spacial score (nSPS) is 37.2. The van der Waals surface area contributed by atoms with Gasteiger partial charge in [0.2, 0.25) is 0 Å². The molecule has 4 N–H and O–H groups in total. The molecule has 0 aliphatic carbocycles. The van der Waals surface area contributed by atoms with E-state index in [1.165, 1.54) is 0 Å².